The van der Waals surface area contributed by atoms with Crippen molar-refractivity contribution in [3.8, 4) is 0 Å². The molecule has 1 aliphatic heterocycles. The summed E-state index contributed by atoms with van der Waals surface area (Å²) in [4.78, 5) is 0. The molecule has 1 saturated heterocycles. The summed E-state index contributed by atoms with van der Waals surface area (Å²) in [6.07, 6.45) is -0.655. The van der Waals surface area contributed by atoms with Crippen LogP contribution in [0.5, 0.6) is 0 Å². The Morgan fingerprint density at radius 3 is 1.17 bits per heavy atom. The van der Waals surface area contributed by atoms with E-state index in [9.17, 15) is 0 Å². The normalized spacial score (nSPS) is 21.9. The summed E-state index contributed by atoms with van der Waals surface area (Å²) in [7, 11) is 0. The Hall–Kier alpha value is -1.88. The van der Waals surface area contributed by atoms with E-state index in [1.807, 2.05) is 60.7 Å². The minimum absolute atomic E-state index is 0.327. The predicted molar refractivity (Wildman–Crippen MR) is 135 cm³/mol. The maximum Gasteiger partial charge on any atom is 0.109 e. The SMILES string of the molecule is c1ccc(COC[C@H]2OCCOCCOCCOCCOCCO[C@@H]2COCc2ccccc2)cc1. The summed E-state index contributed by atoms with van der Waals surface area (Å²) in [5.41, 5.74) is 2.21. The minimum atomic E-state index is -0.327. The fourth-order valence-corrected chi connectivity index (χ4v) is 3.54. The summed E-state index contributed by atoms with van der Waals surface area (Å²) in [5.74, 6) is 0. The molecule has 200 valence electrons. The molecule has 0 bridgehead atoms. The first-order valence-corrected chi connectivity index (χ1v) is 12.7. The molecular weight excluding hydrogens is 464 g/mol. The van der Waals surface area contributed by atoms with E-state index in [4.69, 9.17) is 37.9 Å². The minimum Gasteiger partial charge on any atom is -0.377 e. The molecule has 1 heterocycles. The van der Waals surface area contributed by atoms with Crippen LogP contribution in [0.3, 0.4) is 0 Å². The van der Waals surface area contributed by atoms with Crippen molar-refractivity contribution in [2.75, 3.05) is 79.3 Å². The molecule has 0 aromatic heterocycles. The molecular formula is C28H40O8. The molecule has 0 amide bonds. The van der Waals surface area contributed by atoms with Crippen molar-refractivity contribution < 1.29 is 37.9 Å². The second-order valence-corrected chi connectivity index (χ2v) is 8.27. The van der Waals surface area contributed by atoms with Crippen LogP contribution in [0, 0.1) is 0 Å². The Morgan fingerprint density at radius 2 is 0.806 bits per heavy atom. The highest BCUT2D eigenvalue weighted by Gasteiger charge is 2.24. The van der Waals surface area contributed by atoms with Crippen molar-refractivity contribution in [3.05, 3.63) is 71.8 Å². The van der Waals surface area contributed by atoms with Crippen molar-refractivity contribution >= 4 is 0 Å². The van der Waals surface area contributed by atoms with E-state index in [2.05, 4.69) is 0 Å². The van der Waals surface area contributed by atoms with Gasteiger partial charge in [0.1, 0.15) is 12.2 Å². The van der Waals surface area contributed by atoms with Crippen LogP contribution in [0.25, 0.3) is 0 Å². The number of ether oxygens (including phenoxy) is 8. The van der Waals surface area contributed by atoms with Crippen LogP contribution in [-0.4, -0.2) is 91.5 Å². The van der Waals surface area contributed by atoms with Gasteiger partial charge < -0.3 is 37.9 Å². The first-order valence-electron chi connectivity index (χ1n) is 12.7. The van der Waals surface area contributed by atoms with Gasteiger partial charge in [0.15, 0.2) is 0 Å². The molecule has 2 aromatic rings. The van der Waals surface area contributed by atoms with E-state index in [-0.39, 0.29) is 12.2 Å². The molecule has 2 aromatic carbocycles. The van der Waals surface area contributed by atoms with E-state index in [1.165, 1.54) is 0 Å². The summed E-state index contributed by atoms with van der Waals surface area (Å²) in [5, 5.41) is 0. The van der Waals surface area contributed by atoms with Crippen molar-refractivity contribution in [2.24, 2.45) is 0 Å². The van der Waals surface area contributed by atoms with E-state index in [1.54, 1.807) is 0 Å². The van der Waals surface area contributed by atoms with Crippen molar-refractivity contribution in [3.63, 3.8) is 0 Å². The van der Waals surface area contributed by atoms with Gasteiger partial charge in [0.05, 0.1) is 92.5 Å². The molecule has 2 atom stereocenters. The molecule has 0 spiro atoms. The Labute approximate surface area is 214 Å². The largest absolute Gasteiger partial charge is 0.377 e. The first kappa shape index (κ1) is 28.7. The van der Waals surface area contributed by atoms with Crippen LogP contribution >= 0.6 is 0 Å². The molecule has 8 heteroatoms. The van der Waals surface area contributed by atoms with Gasteiger partial charge in [-0.3, -0.25) is 0 Å². The monoisotopic (exact) mass is 504 g/mol. The van der Waals surface area contributed by atoms with E-state index < -0.39 is 0 Å². The summed E-state index contributed by atoms with van der Waals surface area (Å²) < 4.78 is 46.7. The van der Waals surface area contributed by atoms with E-state index in [0.29, 0.717) is 92.5 Å². The summed E-state index contributed by atoms with van der Waals surface area (Å²) >= 11 is 0. The van der Waals surface area contributed by atoms with Crippen LogP contribution in [0.4, 0.5) is 0 Å². The highest BCUT2D eigenvalue weighted by atomic mass is 16.6. The zero-order valence-corrected chi connectivity index (χ0v) is 21.1. The van der Waals surface area contributed by atoms with Gasteiger partial charge in [-0.15, -0.1) is 0 Å². The third-order valence-corrected chi connectivity index (χ3v) is 5.44. The van der Waals surface area contributed by atoms with Crippen LogP contribution in [0.1, 0.15) is 11.1 Å². The van der Waals surface area contributed by atoms with Gasteiger partial charge in [0, 0.05) is 0 Å². The smallest absolute Gasteiger partial charge is 0.109 e. The van der Waals surface area contributed by atoms with Crippen LogP contribution in [-0.2, 0) is 51.1 Å². The van der Waals surface area contributed by atoms with Gasteiger partial charge in [-0.25, -0.2) is 0 Å². The Morgan fingerprint density at radius 1 is 0.472 bits per heavy atom. The standard InChI is InChI=1S/C28H40O8/c1-3-7-25(8-4-1)21-33-23-27-28(24-34-22-26-9-5-2-6-10-26)36-20-18-32-16-14-30-12-11-29-13-15-31-17-19-35-27/h1-10,27-28H,11-24H2/t27-,28-/m1/s1. The molecule has 0 N–H and O–H groups in total. The lowest BCUT2D eigenvalue weighted by Gasteiger charge is -2.28. The van der Waals surface area contributed by atoms with Crippen molar-refractivity contribution in [2.45, 2.75) is 25.4 Å². The topological polar surface area (TPSA) is 73.8 Å². The van der Waals surface area contributed by atoms with Crippen molar-refractivity contribution in [1.82, 2.24) is 0 Å². The first-order chi connectivity index (χ1) is 17.9. The molecule has 0 unspecified atom stereocenters. The molecule has 0 aliphatic carbocycles. The molecule has 1 fully saturated rings. The number of benzene rings is 2. The molecule has 0 radical (unpaired) electrons. The fraction of sp³-hybridized carbons (Fsp3) is 0.571. The van der Waals surface area contributed by atoms with Gasteiger partial charge in [-0.2, -0.15) is 0 Å². The van der Waals surface area contributed by atoms with Crippen molar-refractivity contribution in [1.29, 1.82) is 0 Å². The third-order valence-electron chi connectivity index (χ3n) is 5.44. The van der Waals surface area contributed by atoms with Gasteiger partial charge in [-0.1, -0.05) is 60.7 Å². The van der Waals surface area contributed by atoms with Gasteiger partial charge in [-0.05, 0) is 11.1 Å². The Balaban J connectivity index is 1.56. The molecule has 8 nitrogen and oxygen atoms in total. The van der Waals surface area contributed by atoms with Gasteiger partial charge in [0.25, 0.3) is 0 Å². The lowest BCUT2D eigenvalue weighted by atomic mass is 10.2. The maximum absolute atomic E-state index is 6.18. The van der Waals surface area contributed by atoms with Crippen LogP contribution in [0.15, 0.2) is 60.7 Å². The molecule has 0 saturated carbocycles. The highest BCUT2D eigenvalue weighted by Crippen LogP contribution is 2.11. The predicted octanol–water partition coefficient (Wildman–Crippen LogP) is 3.27. The zero-order chi connectivity index (χ0) is 24.9. The molecule has 1 aliphatic rings. The highest BCUT2D eigenvalue weighted by molar-refractivity contribution is 5.14. The van der Waals surface area contributed by atoms with Crippen LogP contribution in [0.2, 0.25) is 0 Å². The zero-order valence-electron chi connectivity index (χ0n) is 21.1. The average Bonchev–Trinajstić information content (AvgIpc) is 2.91. The number of hydrogen-bond donors (Lipinski definition) is 0. The van der Waals surface area contributed by atoms with Crippen LogP contribution < -0.4 is 0 Å². The van der Waals surface area contributed by atoms with Gasteiger partial charge >= 0.3 is 0 Å². The average molecular weight is 505 g/mol. The third kappa shape index (κ3) is 12.9. The molecule has 3 rings (SSSR count). The fourth-order valence-electron chi connectivity index (χ4n) is 3.54. The second kappa shape index (κ2) is 19.3. The van der Waals surface area contributed by atoms with E-state index >= 15 is 0 Å². The summed E-state index contributed by atoms with van der Waals surface area (Å²) in [6, 6.07) is 20.1. The van der Waals surface area contributed by atoms with E-state index in [0.717, 1.165) is 11.1 Å². The lowest BCUT2D eigenvalue weighted by Crippen LogP contribution is -2.40. The quantitative estimate of drug-likeness (QED) is 0.543. The lowest BCUT2D eigenvalue weighted by molar-refractivity contribution is -0.143. The number of rotatable bonds is 8. The Kier molecular flexibility index (Phi) is 15.3. The second-order valence-electron chi connectivity index (χ2n) is 8.27. The number of hydrogen-bond acceptors (Lipinski definition) is 8. The van der Waals surface area contributed by atoms with Gasteiger partial charge in [0.2, 0.25) is 0 Å². The molecule has 36 heavy (non-hydrogen) atoms. The summed E-state index contributed by atoms with van der Waals surface area (Å²) in [6.45, 7) is 6.57. The Bertz CT molecular complexity index is 695. The maximum atomic E-state index is 6.18.